The highest BCUT2D eigenvalue weighted by atomic mass is 35.5. The molecule has 0 spiro atoms. The molecular weight excluding hydrogens is 354 g/mol. The number of nitro groups is 1. The summed E-state index contributed by atoms with van der Waals surface area (Å²) in [5.41, 5.74) is 3.20. The first-order valence-electron chi connectivity index (χ1n) is 8.04. The SMILES string of the molecule is CCc1ccc(/C=C(\Cl)c2nc(-c3ccccc3C)no2)cc1[N+](=O)[O-]. The molecular formula is C19H16ClN3O3. The molecule has 0 aliphatic heterocycles. The Morgan fingerprint density at radius 2 is 2.08 bits per heavy atom. The molecule has 0 saturated carbocycles. The van der Waals surface area contributed by atoms with Crippen molar-refractivity contribution >= 4 is 28.4 Å². The lowest BCUT2D eigenvalue weighted by Crippen LogP contribution is -1.94. The smallest absolute Gasteiger partial charge is 0.273 e. The van der Waals surface area contributed by atoms with Crippen molar-refractivity contribution in [1.82, 2.24) is 10.1 Å². The number of hydrogen-bond donors (Lipinski definition) is 0. The highest BCUT2D eigenvalue weighted by molar-refractivity contribution is 6.50. The van der Waals surface area contributed by atoms with Gasteiger partial charge >= 0.3 is 0 Å². The first-order chi connectivity index (χ1) is 12.5. The number of aryl methyl sites for hydroxylation is 2. The van der Waals surface area contributed by atoms with Gasteiger partial charge in [-0.15, -0.1) is 0 Å². The summed E-state index contributed by atoms with van der Waals surface area (Å²) in [4.78, 5) is 15.1. The van der Waals surface area contributed by atoms with Gasteiger partial charge in [-0.3, -0.25) is 10.1 Å². The maximum atomic E-state index is 11.2. The van der Waals surface area contributed by atoms with Gasteiger partial charge in [0.2, 0.25) is 5.82 Å². The van der Waals surface area contributed by atoms with E-state index in [1.54, 1.807) is 18.2 Å². The van der Waals surface area contributed by atoms with Gasteiger partial charge in [0.15, 0.2) is 0 Å². The van der Waals surface area contributed by atoms with Crippen molar-refractivity contribution in [2.75, 3.05) is 0 Å². The van der Waals surface area contributed by atoms with E-state index in [0.29, 0.717) is 23.4 Å². The second-order valence-corrected chi connectivity index (χ2v) is 6.14. The van der Waals surface area contributed by atoms with Crippen LogP contribution in [-0.2, 0) is 6.42 Å². The second kappa shape index (κ2) is 7.49. The number of nitro benzene ring substituents is 1. The molecule has 3 aromatic rings. The minimum atomic E-state index is -0.396. The van der Waals surface area contributed by atoms with Crippen molar-refractivity contribution in [2.24, 2.45) is 0 Å². The zero-order valence-corrected chi connectivity index (χ0v) is 15.0. The minimum absolute atomic E-state index is 0.0665. The van der Waals surface area contributed by atoms with E-state index < -0.39 is 4.92 Å². The molecule has 0 aliphatic carbocycles. The molecule has 1 aromatic heterocycles. The summed E-state index contributed by atoms with van der Waals surface area (Å²) in [6.07, 6.45) is 2.15. The van der Waals surface area contributed by atoms with Crippen molar-refractivity contribution < 1.29 is 9.45 Å². The lowest BCUT2D eigenvalue weighted by Gasteiger charge is -2.01. The van der Waals surface area contributed by atoms with E-state index in [0.717, 1.165) is 11.1 Å². The molecule has 0 unspecified atom stereocenters. The van der Waals surface area contributed by atoms with E-state index >= 15 is 0 Å². The molecule has 7 heteroatoms. The third-order valence-electron chi connectivity index (χ3n) is 4.00. The maximum absolute atomic E-state index is 11.2. The van der Waals surface area contributed by atoms with Crippen molar-refractivity contribution in [3.63, 3.8) is 0 Å². The Hall–Kier alpha value is -2.99. The second-order valence-electron chi connectivity index (χ2n) is 5.73. The molecule has 6 nitrogen and oxygen atoms in total. The Morgan fingerprint density at radius 3 is 2.77 bits per heavy atom. The molecule has 0 amide bonds. The van der Waals surface area contributed by atoms with Crippen LogP contribution in [0.25, 0.3) is 22.5 Å². The van der Waals surface area contributed by atoms with Gasteiger partial charge in [0.1, 0.15) is 5.03 Å². The van der Waals surface area contributed by atoms with E-state index in [4.69, 9.17) is 16.1 Å². The lowest BCUT2D eigenvalue weighted by molar-refractivity contribution is -0.385. The Labute approximate surface area is 155 Å². The summed E-state index contributed by atoms with van der Waals surface area (Å²) in [5, 5.41) is 15.4. The molecule has 0 aliphatic rings. The first-order valence-corrected chi connectivity index (χ1v) is 8.42. The summed E-state index contributed by atoms with van der Waals surface area (Å²) in [6.45, 7) is 3.83. The van der Waals surface area contributed by atoms with Crippen LogP contribution in [0.1, 0.15) is 29.5 Å². The van der Waals surface area contributed by atoms with Crippen molar-refractivity contribution in [1.29, 1.82) is 0 Å². The van der Waals surface area contributed by atoms with Crippen LogP contribution >= 0.6 is 11.6 Å². The molecule has 0 radical (unpaired) electrons. The van der Waals surface area contributed by atoms with Gasteiger partial charge in [0.05, 0.1) is 4.92 Å². The average molecular weight is 370 g/mol. The zero-order chi connectivity index (χ0) is 18.7. The predicted octanol–water partition coefficient (Wildman–Crippen LogP) is 5.25. The number of nitrogens with zero attached hydrogens (tertiary/aromatic N) is 3. The molecule has 26 heavy (non-hydrogen) atoms. The Balaban J connectivity index is 1.93. The molecule has 0 N–H and O–H groups in total. The molecule has 0 saturated heterocycles. The quantitative estimate of drug-likeness (QED) is 0.453. The standard InChI is InChI=1S/C19H16ClN3O3/c1-3-14-9-8-13(11-17(14)23(24)25)10-16(20)19-21-18(22-26-19)15-7-5-4-6-12(15)2/h4-11H,3H2,1-2H3/b16-10-. The van der Waals surface area contributed by atoms with Crippen LogP contribution in [-0.4, -0.2) is 15.1 Å². The first kappa shape index (κ1) is 17.8. The van der Waals surface area contributed by atoms with Crippen LogP contribution in [0, 0.1) is 17.0 Å². The van der Waals surface area contributed by atoms with Gasteiger partial charge in [-0.1, -0.05) is 60.1 Å². The fraction of sp³-hybridized carbons (Fsp3) is 0.158. The molecule has 3 rings (SSSR count). The molecule has 0 fully saturated rings. The summed E-state index contributed by atoms with van der Waals surface area (Å²) in [7, 11) is 0. The molecule has 0 atom stereocenters. The number of rotatable bonds is 5. The van der Waals surface area contributed by atoms with Crippen LogP contribution in [0.5, 0.6) is 0 Å². The van der Waals surface area contributed by atoms with E-state index in [1.807, 2.05) is 38.1 Å². The van der Waals surface area contributed by atoms with E-state index in [2.05, 4.69) is 10.1 Å². The van der Waals surface area contributed by atoms with Crippen molar-refractivity contribution in [3.8, 4) is 11.4 Å². The van der Waals surface area contributed by atoms with Crippen LogP contribution in [0.15, 0.2) is 47.0 Å². The van der Waals surface area contributed by atoms with Gasteiger partial charge in [0, 0.05) is 17.2 Å². The monoisotopic (exact) mass is 369 g/mol. The molecule has 2 aromatic carbocycles. The minimum Gasteiger partial charge on any atom is -0.333 e. The summed E-state index contributed by atoms with van der Waals surface area (Å²) in [5.74, 6) is 0.601. The number of benzene rings is 2. The van der Waals surface area contributed by atoms with Gasteiger partial charge in [0.25, 0.3) is 11.6 Å². The van der Waals surface area contributed by atoms with Crippen LogP contribution in [0.4, 0.5) is 5.69 Å². The van der Waals surface area contributed by atoms with Gasteiger partial charge in [-0.05, 0) is 30.5 Å². The van der Waals surface area contributed by atoms with E-state index in [1.165, 1.54) is 6.07 Å². The number of halogens is 1. The Bertz CT molecular complexity index is 995. The number of aromatic nitrogens is 2. The molecule has 132 valence electrons. The average Bonchev–Trinajstić information content (AvgIpc) is 3.12. The topological polar surface area (TPSA) is 82.1 Å². The summed E-state index contributed by atoms with van der Waals surface area (Å²) in [6, 6.07) is 12.7. The third-order valence-corrected chi connectivity index (χ3v) is 4.27. The van der Waals surface area contributed by atoms with Crippen LogP contribution < -0.4 is 0 Å². The number of hydrogen-bond acceptors (Lipinski definition) is 5. The van der Waals surface area contributed by atoms with Gasteiger partial charge in [-0.25, -0.2) is 0 Å². The van der Waals surface area contributed by atoms with Gasteiger partial charge in [-0.2, -0.15) is 4.98 Å². The Morgan fingerprint density at radius 1 is 1.31 bits per heavy atom. The largest absolute Gasteiger partial charge is 0.333 e. The van der Waals surface area contributed by atoms with Crippen molar-refractivity contribution in [3.05, 3.63) is 75.2 Å². The van der Waals surface area contributed by atoms with Crippen LogP contribution in [0.2, 0.25) is 0 Å². The zero-order valence-electron chi connectivity index (χ0n) is 14.3. The highest BCUT2D eigenvalue weighted by Crippen LogP contribution is 2.27. The maximum Gasteiger partial charge on any atom is 0.273 e. The van der Waals surface area contributed by atoms with Crippen molar-refractivity contribution in [2.45, 2.75) is 20.3 Å². The molecule has 0 bridgehead atoms. The normalized spacial score (nSPS) is 11.6. The lowest BCUT2D eigenvalue weighted by atomic mass is 10.1. The van der Waals surface area contributed by atoms with E-state index in [9.17, 15) is 10.1 Å². The predicted molar refractivity (Wildman–Crippen MR) is 101 cm³/mol. The van der Waals surface area contributed by atoms with E-state index in [-0.39, 0.29) is 16.6 Å². The molecule has 1 heterocycles. The fourth-order valence-corrected chi connectivity index (χ4v) is 2.80. The highest BCUT2D eigenvalue weighted by Gasteiger charge is 2.15. The summed E-state index contributed by atoms with van der Waals surface area (Å²) < 4.78 is 5.24. The van der Waals surface area contributed by atoms with Gasteiger partial charge < -0.3 is 4.52 Å². The third kappa shape index (κ3) is 3.65. The summed E-state index contributed by atoms with van der Waals surface area (Å²) >= 11 is 6.28. The van der Waals surface area contributed by atoms with Crippen LogP contribution in [0.3, 0.4) is 0 Å². The fourth-order valence-electron chi connectivity index (χ4n) is 2.60. The Kier molecular flexibility index (Phi) is 5.14.